The predicted molar refractivity (Wildman–Crippen MR) is 76.8 cm³/mol. The highest BCUT2D eigenvalue weighted by Crippen LogP contribution is 2.33. The first-order valence-electron chi connectivity index (χ1n) is 7.62. The van der Waals surface area contributed by atoms with Crippen LogP contribution >= 0.6 is 0 Å². The molecule has 3 heteroatoms. The van der Waals surface area contributed by atoms with Crippen molar-refractivity contribution in [3.05, 3.63) is 23.0 Å². The summed E-state index contributed by atoms with van der Waals surface area (Å²) >= 11 is 0. The van der Waals surface area contributed by atoms with Crippen LogP contribution in [0.15, 0.2) is 6.07 Å². The van der Waals surface area contributed by atoms with Crippen molar-refractivity contribution in [3.63, 3.8) is 0 Å². The van der Waals surface area contributed by atoms with E-state index in [2.05, 4.69) is 29.8 Å². The summed E-state index contributed by atoms with van der Waals surface area (Å²) in [6, 6.07) is 3.31. The highest BCUT2D eigenvalue weighted by atomic mass is 16.1. The Morgan fingerprint density at radius 2 is 1.95 bits per heavy atom. The molecule has 19 heavy (non-hydrogen) atoms. The largest absolute Gasteiger partial charge is 0.345 e. The molecule has 0 unspecified atom stereocenters. The van der Waals surface area contributed by atoms with Crippen molar-refractivity contribution in [1.29, 1.82) is 0 Å². The smallest absolute Gasteiger partial charge is 0.178 e. The number of nitrogens with zero attached hydrogens (tertiary/aromatic N) is 1. The molecule has 104 valence electrons. The lowest BCUT2D eigenvalue weighted by molar-refractivity contribution is 0.0990. The van der Waals surface area contributed by atoms with E-state index in [-0.39, 0.29) is 5.78 Å². The molecule has 2 saturated carbocycles. The first-order chi connectivity index (χ1) is 9.16. The molecule has 0 bridgehead atoms. The monoisotopic (exact) mass is 260 g/mol. The molecule has 0 radical (unpaired) electrons. The van der Waals surface area contributed by atoms with Crippen LogP contribution in [-0.4, -0.2) is 22.9 Å². The molecule has 2 aliphatic carbocycles. The summed E-state index contributed by atoms with van der Waals surface area (Å²) in [4.78, 5) is 12.3. The van der Waals surface area contributed by atoms with Gasteiger partial charge >= 0.3 is 0 Å². The van der Waals surface area contributed by atoms with Crippen molar-refractivity contribution in [2.24, 2.45) is 0 Å². The number of aromatic nitrogens is 1. The normalized spacial score (nSPS) is 20.1. The van der Waals surface area contributed by atoms with Gasteiger partial charge in [0.15, 0.2) is 5.78 Å². The van der Waals surface area contributed by atoms with Crippen molar-refractivity contribution >= 4 is 5.78 Å². The zero-order valence-electron chi connectivity index (χ0n) is 12.0. The molecule has 0 aliphatic heterocycles. The number of aryl methyl sites for hydroxylation is 1. The minimum absolute atomic E-state index is 0.254. The average molecular weight is 260 g/mol. The Morgan fingerprint density at radius 1 is 1.26 bits per heavy atom. The van der Waals surface area contributed by atoms with Gasteiger partial charge in [-0.1, -0.05) is 12.8 Å². The van der Waals surface area contributed by atoms with Crippen LogP contribution in [0.1, 0.15) is 66.3 Å². The Kier molecular flexibility index (Phi) is 3.48. The number of carbonyl (C=O) groups excluding carboxylic acids is 1. The molecule has 1 aromatic rings. The van der Waals surface area contributed by atoms with Gasteiger partial charge in [0.05, 0.1) is 6.54 Å². The van der Waals surface area contributed by atoms with Gasteiger partial charge in [-0.25, -0.2) is 0 Å². The summed E-state index contributed by atoms with van der Waals surface area (Å²) in [5, 5.41) is 3.32. The third-order valence-corrected chi connectivity index (χ3v) is 4.60. The number of hydrogen-bond donors (Lipinski definition) is 1. The molecule has 0 spiro atoms. The van der Waals surface area contributed by atoms with Crippen LogP contribution in [0.4, 0.5) is 0 Å². The van der Waals surface area contributed by atoms with Gasteiger partial charge in [0.25, 0.3) is 0 Å². The quantitative estimate of drug-likeness (QED) is 0.825. The van der Waals surface area contributed by atoms with Gasteiger partial charge in [0.2, 0.25) is 0 Å². The Balaban J connectivity index is 1.77. The van der Waals surface area contributed by atoms with Crippen LogP contribution in [0.2, 0.25) is 0 Å². The van der Waals surface area contributed by atoms with Gasteiger partial charge in [0.1, 0.15) is 0 Å². The van der Waals surface area contributed by atoms with E-state index in [9.17, 15) is 4.79 Å². The van der Waals surface area contributed by atoms with Crippen molar-refractivity contribution in [1.82, 2.24) is 9.88 Å². The van der Waals surface area contributed by atoms with Crippen molar-refractivity contribution in [2.45, 2.75) is 64.5 Å². The lowest BCUT2D eigenvalue weighted by Gasteiger charge is -2.17. The van der Waals surface area contributed by atoms with Gasteiger partial charge in [-0.05, 0) is 45.6 Å². The van der Waals surface area contributed by atoms with Crippen LogP contribution in [0.5, 0.6) is 0 Å². The maximum atomic E-state index is 12.3. The summed E-state index contributed by atoms with van der Waals surface area (Å²) in [7, 11) is 0. The van der Waals surface area contributed by atoms with E-state index in [1.54, 1.807) is 0 Å². The van der Waals surface area contributed by atoms with E-state index >= 15 is 0 Å². The fourth-order valence-electron chi connectivity index (χ4n) is 3.40. The number of hydrogen-bond acceptors (Lipinski definition) is 2. The first-order valence-corrected chi connectivity index (χ1v) is 7.62. The predicted octanol–water partition coefficient (Wildman–Crippen LogP) is 3.15. The third kappa shape index (κ3) is 2.62. The maximum absolute atomic E-state index is 12.3. The standard InChI is InChI=1S/C16H24N2O/c1-11-9-15(16(19)10-17-13-7-8-13)12(2)18(11)14-5-3-4-6-14/h9,13-14,17H,3-8,10H2,1-2H3. The van der Waals surface area contributed by atoms with Crippen LogP contribution < -0.4 is 5.32 Å². The van der Waals surface area contributed by atoms with Gasteiger partial charge in [-0.15, -0.1) is 0 Å². The number of carbonyl (C=O) groups is 1. The van der Waals surface area contributed by atoms with E-state index in [4.69, 9.17) is 0 Å². The molecule has 1 N–H and O–H groups in total. The van der Waals surface area contributed by atoms with Gasteiger partial charge in [-0.2, -0.15) is 0 Å². The summed E-state index contributed by atoms with van der Waals surface area (Å²) in [6.07, 6.45) is 7.65. The van der Waals surface area contributed by atoms with Crippen molar-refractivity contribution in [3.8, 4) is 0 Å². The second-order valence-corrected chi connectivity index (χ2v) is 6.17. The molecule has 2 fully saturated rings. The number of rotatable bonds is 5. The minimum Gasteiger partial charge on any atom is -0.345 e. The molecule has 0 saturated heterocycles. The molecule has 3 nitrogen and oxygen atoms in total. The van der Waals surface area contributed by atoms with Crippen molar-refractivity contribution in [2.75, 3.05) is 6.54 Å². The fourth-order valence-corrected chi connectivity index (χ4v) is 3.40. The number of nitrogens with one attached hydrogen (secondary N) is 1. The van der Waals surface area contributed by atoms with Crippen LogP contribution in [0.3, 0.4) is 0 Å². The average Bonchev–Trinajstić information content (AvgIpc) is 2.98. The summed E-state index contributed by atoms with van der Waals surface area (Å²) in [6.45, 7) is 4.74. The zero-order valence-corrected chi connectivity index (χ0v) is 12.0. The molecule has 3 rings (SSSR count). The van der Waals surface area contributed by atoms with E-state index in [1.807, 2.05) is 0 Å². The fraction of sp³-hybridized carbons (Fsp3) is 0.688. The topological polar surface area (TPSA) is 34.0 Å². The van der Waals surface area contributed by atoms with Gasteiger partial charge < -0.3 is 9.88 Å². The third-order valence-electron chi connectivity index (χ3n) is 4.60. The maximum Gasteiger partial charge on any atom is 0.178 e. The Morgan fingerprint density at radius 3 is 2.58 bits per heavy atom. The lowest BCUT2D eigenvalue weighted by atomic mass is 10.1. The minimum atomic E-state index is 0.254. The van der Waals surface area contributed by atoms with Crippen LogP contribution in [0.25, 0.3) is 0 Å². The van der Waals surface area contributed by atoms with Crippen molar-refractivity contribution < 1.29 is 4.79 Å². The molecule has 2 aliphatic rings. The summed E-state index contributed by atoms with van der Waals surface area (Å²) in [5.74, 6) is 0.254. The lowest BCUT2D eigenvalue weighted by Crippen LogP contribution is -2.25. The number of ketones is 1. The highest BCUT2D eigenvalue weighted by molar-refractivity contribution is 5.99. The zero-order chi connectivity index (χ0) is 13.4. The molecular formula is C16H24N2O. The molecule has 0 amide bonds. The highest BCUT2D eigenvalue weighted by Gasteiger charge is 2.25. The number of Topliss-reactive ketones (excluding diaryl/α,β-unsaturated/α-hetero) is 1. The van der Waals surface area contributed by atoms with E-state index in [0.717, 1.165) is 5.56 Å². The van der Waals surface area contributed by atoms with Gasteiger partial charge in [-0.3, -0.25) is 4.79 Å². The van der Waals surface area contributed by atoms with Crippen LogP contribution in [-0.2, 0) is 0 Å². The second-order valence-electron chi connectivity index (χ2n) is 6.17. The second kappa shape index (κ2) is 5.12. The first kappa shape index (κ1) is 12.9. The Labute approximate surface area is 115 Å². The Hall–Kier alpha value is -1.09. The summed E-state index contributed by atoms with van der Waals surface area (Å²) in [5.41, 5.74) is 3.35. The molecular weight excluding hydrogens is 236 g/mol. The summed E-state index contributed by atoms with van der Waals surface area (Å²) < 4.78 is 2.40. The molecule has 1 aromatic heterocycles. The van der Waals surface area contributed by atoms with Crippen LogP contribution in [0, 0.1) is 13.8 Å². The molecule has 0 atom stereocenters. The van der Waals surface area contributed by atoms with E-state index in [1.165, 1.54) is 49.9 Å². The van der Waals surface area contributed by atoms with Gasteiger partial charge in [0, 0.05) is 29.0 Å². The molecule has 1 heterocycles. The SMILES string of the molecule is Cc1cc(C(=O)CNC2CC2)c(C)n1C1CCCC1. The van der Waals surface area contributed by atoms with E-state index in [0.29, 0.717) is 18.6 Å². The Bertz CT molecular complexity index is 479. The van der Waals surface area contributed by atoms with E-state index < -0.39 is 0 Å². The molecule has 0 aromatic carbocycles.